The minimum atomic E-state index is -4.26. The molecule has 0 saturated carbocycles. The van der Waals surface area contributed by atoms with Crippen LogP contribution in [0.15, 0.2) is 0 Å². The third-order valence-corrected chi connectivity index (χ3v) is 7.57. The van der Waals surface area contributed by atoms with E-state index >= 15 is 0 Å². The van der Waals surface area contributed by atoms with Crippen LogP contribution in [-0.2, 0) is 58.4 Å². The van der Waals surface area contributed by atoms with Gasteiger partial charge in [0.2, 0.25) is 33.7 Å². The molecule has 0 aliphatic rings. The first-order chi connectivity index (χ1) is 20.5. The molecule has 0 unspecified atom stereocenters. The molecule has 0 aliphatic heterocycles. The third kappa shape index (κ3) is 22.2. The molecule has 7 N–H and O–H groups in total. The van der Waals surface area contributed by atoms with Crippen LogP contribution in [0, 0.1) is 0 Å². The van der Waals surface area contributed by atoms with Gasteiger partial charge in [-0.3, -0.25) is 28.5 Å². The van der Waals surface area contributed by atoms with Gasteiger partial charge in [-0.1, -0.05) is 6.92 Å². The highest BCUT2D eigenvalue weighted by Gasteiger charge is 2.23. The SMILES string of the molecule is CC[C@@H](NC(=O)CC[C@H](NC(=O)COCCOCCNC(=O)CCCS(=O)(=O)NC(=O)CCCS(=O)(=O)O)C(=O)O)C(=O)O. The zero-order valence-corrected chi connectivity index (χ0v) is 25.7. The fourth-order valence-corrected chi connectivity index (χ4v) is 4.81. The van der Waals surface area contributed by atoms with E-state index in [9.17, 15) is 50.7 Å². The first kappa shape index (κ1) is 40.6. The van der Waals surface area contributed by atoms with Crippen molar-refractivity contribution in [3.63, 3.8) is 0 Å². The number of hydrogen-bond donors (Lipinski definition) is 7. The lowest BCUT2D eigenvalue weighted by atomic mass is 10.1. The quantitative estimate of drug-likeness (QED) is 0.0384. The molecule has 44 heavy (non-hydrogen) atoms. The number of aliphatic carboxylic acids is 2. The van der Waals surface area contributed by atoms with Gasteiger partial charge >= 0.3 is 11.9 Å². The lowest BCUT2D eigenvalue weighted by molar-refractivity contribution is -0.144. The van der Waals surface area contributed by atoms with Gasteiger partial charge in [-0.15, -0.1) is 0 Å². The van der Waals surface area contributed by atoms with Crippen molar-refractivity contribution >= 4 is 55.7 Å². The number of carboxylic acids is 2. The first-order valence-corrected chi connectivity index (χ1v) is 16.7. The van der Waals surface area contributed by atoms with Crippen molar-refractivity contribution in [1.82, 2.24) is 20.7 Å². The smallest absolute Gasteiger partial charge is 0.326 e. The number of carbonyl (C=O) groups is 6. The molecule has 21 heteroatoms. The van der Waals surface area contributed by atoms with Gasteiger partial charge in [0.05, 0.1) is 31.3 Å². The number of carboxylic acid groups (broad SMARTS) is 2. The summed E-state index contributed by atoms with van der Waals surface area (Å²) in [6.45, 7) is 1.17. The second-order valence-electron chi connectivity index (χ2n) is 9.22. The minimum Gasteiger partial charge on any atom is -0.480 e. The summed E-state index contributed by atoms with van der Waals surface area (Å²) in [5.74, 6) is -6.68. The highest BCUT2D eigenvalue weighted by Crippen LogP contribution is 2.01. The van der Waals surface area contributed by atoms with Gasteiger partial charge in [0, 0.05) is 25.8 Å². The zero-order valence-electron chi connectivity index (χ0n) is 24.1. The van der Waals surface area contributed by atoms with Crippen LogP contribution in [0.25, 0.3) is 0 Å². The van der Waals surface area contributed by atoms with Gasteiger partial charge in [-0.25, -0.2) is 18.0 Å². The van der Waals surface area contributed by atoms with E-state index in [-0.39, 0.29) is 64.9 Å². The van der Waals surface area contributed by atoms with Crippen molar-refractivity contribution in [3.8, 4) is 0 Å². The predicted octanol–water partition coefficient (Wildman–Crippen LogP) is -2.64. The highest BCUT2D eigenvalue weighted by molar-refractivity contribution is 7.90. The highest BCUT2D eigenvalue weighted by atomic mass is 32.2. The Labute approximate surface area is 254 Å². The van der Waals surface area contributed by atoms with Crippen molar-refractivity contribution in [1.29, 1.82) is 0 Å². The average Bonchev–Trinajstić information content (AvgIpc) is 2.89. The summed E-state index contributed by atoms with van der Waals surface area (Å²) < 4.78 is 65.6. The molecule has 0 heterocycles. The Hall–Kier alpha value is -3.40. The van der Waals surface area contributed by atoms with Crippen LogP contribution in [0.3, 0.4) is 0 Å². The van der Waals surface area contributed by atoms with Gasteiger partial charge in [-0.2, -0.15) is 8.42 Å². The predicted molar refractivity (Wildman–Crippen MR) is 150 cm³/mol. The summed E-state index contributed by atoms with van der Waals surface area (Å²) in [5.41, 5.74) is 0. The van der Waals surface area contributed by atoms with Crippen LogP contribution < -0.4 is 20.7 Å². The van der Waals surface area contributed by atoms with Crippen molar-refractivity contribution < 1.29 is 69.8 Å². The van der Waals surface area contributed by atoms with Crippen molar-refractivity contribution in [2.75, 3.05) is 44.5 Å². The summed E-state index contributed by atoms with van der Waals surface area (Å²) in [6, 6.07) is -2.50. The fourth-order valence-electron chi connectivity index (χ4n) is 3.22. The van der Waals surface area contributed by atoms with Gasteiger partial charge in [0.1, 0.15) is 18.7 Å². The lowest BCUT2D eigenvalue weighted by Crippen LogP contribution is -2.44. The van der Waals surface area contributed by atoms with Crippen LogP contribution in [0.1, 0.15) is 51.9 Å². The average molecular weight is 677 g/mol. The van der Waals surface area contributed by atoms with E-state index in [1.165, 1.54) is 0 Å². The molecule has 0 aliphatic carbocycles. The molecule has 0 aromatic rings. The molecule has 4 amide bonds. The Morgan fingerprint density at radius 2 is 1.27 bits per heavy atom. The molecule has 19 nitrogen and oxygen atoms in total. The van der Waals surface area contributed by atoms with E-state index in [1.54, 1.807) is 11.6 Å². The summed E-state index contributed by atoms with van der Waals surface area (Å²) in [6.07, 6.45) is -1.41. The normalized spacial score (nSPS) is 12.9. The Balaban J connectivity index is 4.03. The van der Waals surface area contributed by atoms with Crippen LogP contribution in [0.5, 0.6) is 0 Å². The molecule has 0 bridgehead atoms. The van der Waals surface area contributed by atoms with Crippen LogP contribution in [0.4, 0.5) is 0 Å². The minimum absolute atomic E-state index is 0.0238. The van der Waals surface area contributed by atoms with E-state index in [2.05, 4.69) is 16.0 Å². The van der Waals surface area contributed by atoms with Crippen molar-refractivity contribution in [2.24, 2.45) is 0 Å². The van der Waals surface area contributed by atoms with Gasteiger partial charge in [0.15, 0.2) is 0 Å². The fraction of sp³-hybridized carbons (Fsp3) is 0.739. The molecule has 0 saturated heterocycles. The zero-order chi connectivity index (χ0) is 33.8. The maximum absolute atomic E-state index is 11.9. The molecule has 2 atom stereocenters. The molecule has 0 aromatic carbocycles. The maximum atomic E-state index is 11.9. The number of amides is 4. The van der Waals surface area contributed by atoms with Gasteiger partial charge in [-0.05, 0) is 25.7 Å². The Morgan fingerprint density at radius 1 is 0.705 bits per heavy atom. The number of hydrogen-bond acceptors (Lipinski definition) is 12. The third-order valence-electron chi connectivity index (χ3n) is 5.40. The van der Waals surface area contributed by atoms with Crippen molar-refractivity contribution in [2.45, 2.75) is 64.0 Å². The number of sulfonamides is 1. The molecule has 0 fully saturated rings. The summed E-state index contributed by atoms with van der Waals surface area (Å²) in [4.78, 5) is 69.5. The number of nitrogens with one attached hydrogen (secondary N) is 4. The monoisotopic (exact) mass is 676 g/mol. The molecule has 254 valence electrons. The van der Waals surface area contributed by atoms with Crippen LogP contribution in [0.2, 0.25) is 0 Å². The largest absolute Gasteiger partial charge is 0.480 e. The van der Waals surface area contributed by atoms with Gasteiger partial charge in [0.25, 0.3) is 10.1 Å². The molecule has 0 rings (SSSR count). The van der Waals surface area contributed by atoms with Crippen molar-refractivity contribution in [3.05, 3.63) is 0 Å². The molecule has 0 spiro atoms. The number of rotatable bonds is 25. The van der Waals surface area contributed by atoms with Crippen LogP contribution in [-0.4, -0.2) is 124 Å². The van der Waals surface area contributed by atoms with E-state index in [0.717, 1.165) is 0 Å². The summed E-state index contributed by atoms with van der Waals surface area (Å²) in [5, 5.41) is 25.1. The van der Waals surface area contributed by atoms with E-state index in [1.807, 2.05) is 0 Å². The van der Waals surface area contributed by atoms with E-state index < -0.39 is 92.3 Å². The summed E-state index contributed by atoms with van der Waals surface area (Å²) in [7, 11) is -8.30. The van der Waals surface area contributed by atoms with E-state index in [0.29, 0.717) is 0 Å². The Morgan fingerprint density at radius 3 is 1.86 bits per heavy atom. The molecular formula is C23H40N4O15S2. The number of ether oxygens (including phenoxy) is 2. The molecular weight excluding hydrogens is 636 g/mol. The second-order valence-corrected chi connectivity index (χ2v) is 12.6. The molecule has 0 aromatic heterocycles. The number of carbonyl (C=O) groups excluding carboxylic acids is 4. The van der Waals surface area contributed by atoms with Crippen LogP contribution >= 0.6 is 0 Å². The van der Waals surface area contributed by atoms with Gasteiger partial charge < -0.3 is 35.6 Å². The Kier molecular flexibility index (Phi) is 19.7. The second kappa shape index (κ2) is 21.3. The molecule has 0 radical (unpaired) electrons. The Bertz CT molecular complexity index is 1190. The summed E-state index contributed by atoms with van der Waals surface area (Å²) >= 11 is 0. The van der Waals surface area contributed by atoms with E-state index in [4.69, 9.17) is 19.1 Å². The first-order valence-electron chi connectivity index (χ1n) is 13.4. The standard InChI is InChI=1S/C23H40N4O15S2/c1-2-16(22(32)33)25-19(29)8-7-17(23(34)35)26-21(31)15-42-12-11-41-10-9-24-18(28)5-3-13-43(36,37)27-20(30)6-4-14-44(38,39)40/h16-17H,2-15H2,1H3,(H,24,28)(H,25,29)(H,26,31)(H,27,30)(H,32,33)(H,34,35)(H,38,39,40)/t16-,17+/m1/s1. The topological polar surface area (TPSA) is 298 Å². The maximum Gasteiger partial charge on any atom is 0.326 e. The lowest BCUT2D eigenvalue weighted by Gasteiger charge is -2.16.